The number of rotatable bonds is 11. The van der Waals surface area contributed by atoms with Gasteiger partial charge in [0.2, 0.25) is 0 Å². The number of unbranched alkanes of at least 4 members (excludes halogenated alkanes) is 2. The van der Waals surface area contributed by atoms with Crippen molar-refractivity contribution in [2.24, 2.45) is 0 Å². The van der Waals surface area contributed by atoms with Crippen LogP contribution >= 0.6 is 31.1 Å². The second kappa shape index (κ2) is 14.9. The van der Waals surface area contributed by atoms with E-state index < -0.39 is 0 Å². The molecule has 130 valence electrons. The number of allylic oxidation sites excluding steroid dienone is 1. The van der Waals surface area contributed by atoms with Gasteiger partial charge < -0.3 is 0 Å². The van der Waals surface area contributed by atoms with Gasteiger partial charge in [-0.05, 0) is 49.6 Å². The van der Waals surface area contributed by atoms with E-state index in [0.717, 1.165) is 23.4 Å². The molecule has 0 spiro atoms. The summed E-state index contributed by atoms with van der Waals surface area (Å²) in [6.07, 6.45) is 11.8. The molecule has 0 bridgehead atoms. The summed E-state index contributed by atoms with van der Waals surface area (Å²) in [6.45, 7) is 4.52. The zero-order valence-electron chi connectivity index (χ0n) is 14.3. The maximum Gasteiger partial charge on any atom is 2.00 e. The molecule has 1 aromatic carbocycles. The van der Waals surface area contributed by atoms with Crippen LogP contribution in [0.2, 0.25) is 0 Å². The third kappa shape index (κ3) is 10.9. The Morgan fingerprint density at radius 1 is 1.09 bits per heavy atom. The summed E-state index contributed by atoms with van der Waals surface area (Å²) in [7, 11) is -0.0440. The van der Waals surface area contributed by atoms with Crippen molar-refractivity contribution in [2.45, 2.75) is 57.5 Å². The largest absolute Gasteiger partial charge is 2.00 e. The predicted molar refractivity (Wildman–Crippen MR) is 106 cm³/mol. The monoisotopic (exact) mass is 460 g/mol. The van der Waals surface area contributed by atoms with Crippen LogP contribution in [0.25, 0.3) is 6.08 Å². The molecule has 1 unspecified atom stereocenters. The number of benzene rings is 1. The van der Waals surface area contributed by atoms with Gasteiger partial charge in [0.05, 0.1) is 5.12 Å². The zero-order chi connectivity index (χ0) is 16.2. The molecule has 0 saturated carbocycles. The van der Waals surface area contributed by atoms with Crippen LogP contribution in [-0.2, 0) is 19.5 Å². The average Bonchev–Trinajstić information content (AvgIpc) is 2.54. The van der Waals surface area contributed by atoms with E-state index in [1.165, 1.54) is 38.0 Å². The van der Waals surface area contributed by atoms with E-state index in [1.54, 1.807) is 0 Å². The van der Waals surface area contributed by atoms with Gasteiger partial charge in [-0.15, -0.1) is 11.6 Å². The maximum absolute atomic E-state index is 6.71. The number of alkyl halides is 1. The van der Waals surface area contributed by atoms with E-state index in [0.29, 0.717) is 5.12 Å². The minimum atomic E-state index is -0.0440. The molecule has 0 aromatic heterocycles. The molecule has 0 radical (unpaired) electrons. The molecule has 0 heterocycles. The summed E-state index contributed by atoms with van der Waals surface area (Å²) >= 11 is 13.1. The van der Waals surface area contributed by atoms with Gasteiger partial charge in [-0.3, -0.25) is 0 Å². The van der Waals surface area contributed by atoms with Crippen molar-refractivity contribution >= 4 is 37.2 Å². The molecule has 0 saturated heterocycles. The van der Waals surface area contributed by atoms with E-state index in [4.69, 9.17) is 23.2 Å². The van der Waals surface area contributed by atoms with Gasteiger partial charge in [-0.2, -0.15) is 0 Å². The molecule has 0 fully saturated rings. The van der Waals surface area contributed by atoms with Gasteiger partial charge in [0.15, 0.2) is 0 Å². The first-order chi connectivity index (χ1) is 10.7. The van der Waals surface area contributed by atoms with Gasteiger partial charge >= 0.3 is 19.5 Å². The molecule has 4 heteroatoms. The van der Waals surface area contributed by atoms with Crippen LogP contribution in [0.15, 0.2) is 35.4 Å². The van der Waals surface area contributed by atoms with E-state index in [9.17, 15) is 0 Å². The first-order valence-electron chi connectivity index (χ1n) is 8.46. The Hall–Kier alpha value is 0.593. The Morgan fingerprint density at radius 2 is 1.65 bits per heavy atom. The van der Waals surface area contributed by atoms with Crippen molar-refractivity contribution in [3.05, 3.63) is 40.9 Å². The van der Waals surface area contributed by atoms with E-state index in [-0.39, 0.29) is 27.4 Å². The van der Waals surface area contributed by atoms with Crippen molar-refractivity contribution < 1.29 is 19.5 Å². The smallest absolute Gasteiger partial charge is 0.118 e. The summed E-state index contributed by atoms with van der Waals surface area (Å²) in [5, 5.41) is 1.23. The maximum atomic E-state index is 6.71. The fraction of sp³-hybridized carbons (Fsp3) is 0.579. The van der Waals surface area contributed by atoms with Gasteiger partial charge in [-0.1, -0.05) is 76.5 Å². The van der Waals surface area contributed by atoms with Gasteiger partial charge in [0.1, 0.15) is 0 Å². The van der Waals surface area contributed by atoms with Crippen molar-refractivity contribution in [1.82, 2.24) is 0 Å². The Morgan fingerprint density at radius 3 is 2.17 bits per heavy atom. The van der Waals surface area contributed by atoms with E-state index in [1.807, 2.05) is 18.2 Å². The first kappa shape index (κ1) is 23.6. The van der Waals surface area contributed by atoms with E-state index in [2.05, 4.69) is 32.1 Å². The van der Waals surface area contributed by atoms with Crippen LogP contribution in [0, 0.1) is 0 Å². The molecule has 0 aliphatic rings. The summed E-state index contributed by atoms with van der Waals surface area (Å²) < 4.78 is 0. The third-order valence-electron chi connectivity index (χ3n) is 3.74. The van der Waals surface area contributed by atoms with Crippen molar-refractivity contribution in [2.75, 3.05) is 12.3 Å². The standard InChI is InChI=1S/C19H29Cl2P.Ru/c1-3-5-14-22(15-6-4-2)19(21)13-12-18(20)16-17-10-8-7-9-11-17;/h7-11,16,19H,3-6,12-15H2,1-2H3;/q;+2. The average molecular weight is 460 g/mol. The second-order valence-corrected chi connectivity index (χ2v) is 9.73. The molecule has 1 atom stereocenters. The number of hydrogen-bond donors (Lipinski definition) is 0. The SMILES string of the molecule is CCCCP(CCCC)C(Cl)CCC(Cl)=Cc1ccccc1.[Ru+2]. The fourth-order valence-electron chi connectivity index (χ4n) is 2.36. The summed E-state index contributed by atoms with van der Waals surface area (Å²) in [5.41, 5.74) is 1.16. The molecule has 0 nitrogen and oxygen atoms in total. The minimum Gasteiger partial charge on any atom is -0.118 e. The number of halogens is 2. The fourth-order valence-corrected chi connectivity index (χ4v) is 6.01. The van der Waals surface area contributed by atoms with Crippen molar-refractivity contribution in [1.29, 1.82) is 0 Å². The summed E-state index contributed by atoms with van der Waals surface area (Å²) in [6, 6.07) is 10.3. The van der Waals surface area contributed by atoms with Crippen LogP contribution in [-0.4, -0.2) is 17.4 Å². The normalized spacial score (nSPS) is 13.0. The molecule has 0 aliphatic carbocycles. The molecule has 0 N–H and O–H groups in total. The topological polar surface area (TPSA) is 0 Å². The molecular formula is C19H29Cl2PRu+2. The van der Waals surface area contributed by atoms with Crippen molar-refractivity contribution in [3.8, 4) is 0 Å². The van der Waals surface area contributed by atoms with Gasteiger partial charge in [-0.25, -0.2) is 0 Å². The predicted octanol–water partition coefficient (Wildman–Crippen LogP) is 7.69. The van der Waals surface area contributed by atoms with Gasteiger partial charge in [0, 0.05) is 5.03 Å². The second-order valence-electron chi connectivity index (χ2n) is 5.72. The Balaban J connectivity index is 0.00000484. The Kier molecular flexibility index (Phi) is 15.3. The molecule has 23 heavy (non-hydrogen) atoms. The quantitative estimate of drug-likeness (QED) is 0.180. The molecule has 0 amide bonds. The third-order valence-corrected chi connectivity index (χ3v) is 7.91. The van der Waals surface area contributed by atoms with Crippen LogP contribution in [0.4, 0.5) is 0 Å². The summed E-state index contributed by atoms with van der Waals surface area (Å²) in [5.74, 6) is 0. The van der Waals surface area contributed by atoms with E-state index >= 15 is 0 Å². The molecular weight excluding hydrogens is 431 g/mol. The molecule has 1 aromatic rings. The van der Waals surface area contributed by atoms with Gasteiger partial charge in [0.25, 0.3) is 0 Å². The van der Waals surface area contributed by atoms with Crippen molar-refractivity contribution in [3.63, 3.8) is 0 Å². The molecule has 0 aliphatic heterocycles. The number of hydrogen-bond acceptors (Lipinski definition) is 0. The molecule has 1 rings (SSSR count). The summed E-state index contributed by atoms with van der Waals surface area (Å²) in [4.78, 5) is 0. The minimum absolute atomic E-state index is 0. The van der Waals surface area contributed by atoms with Crippen LogP contribution in [0.5, 0.6) is 0 Å². The van der Waals surface area contributed by atoms with Crippen LogP contribution < -0.4 is 0 Å². The van der Waals surface area contributed by atoms with Crippen LogP contribution in [0.3, 0.4) is 0 Å². The zero-order valence-corrected chi connectivity index (χ0v) is 18.4. The first-order valence-corrected chi connectivity index (χ1v) is 11.1. The Labute approximate surface area is 166 Å². The Bertz CT molecular complexity index is 415. The van der Waals surface area contributed by atoms with Crippen LogP contribution in [0.1, 0.15) is 57.9 Å².